The molecule has 1 fully saturated rings. The standard InChI is InChI=1S/C6H4N4O2.C5H11NO/c7-2-4-1-6(8)9-3-5(4)10(11)12;7-5-1-3-6-4-2-5/h1,3H,(H2,8,9);5-7H,1-4H2. The molecule has 0 unspecified atom stereocenters. The molecule has 102 valence electrons. The zero-order valence-corrected chi connectivity index (χ0v) is 10.2. The molecule has 0 aromatic carbocycles. The number of hydrogen-bond acceptors (Lipinski definition) is 7. The molecule has 0 saturated carbocycles. The van der Waals surface area contributed by atoms with Gasteiger partial charge in [0.25, 0.3) is 0 Å². The fourth-order valence-corrected chi connectivity index (χ4v) is 1.51. The molecule has 0 bridgehead atoms. The summed E-state index contributed by atoms with van der Waals surface area (Å²) in [4.78, 5) is 13.1. The third-order valence-corrected chi connectivity index (χ3v) is 2.53. The first-order valence-corrected chi connectivity index (χ1v) is 5.73. The summed E-state index contributed by atoms with van der Waals surface area (Å²) in [6, 6.07) is 2.82. The lowest BCUT2D eigenvalue weighted by atomic mass is 10.1. The van der Waals surface area contributed by atoms with E-state index in [0.717, 1.165) is 38.2 Å². The average Bonchev–Trinajstić information content (AvgIpc) is 2.39. The lowest BCUT2D eigenvalue weighted by molar-refractivity contribution is -0.385. The van der Waals surface area contributed by atoms with E-state index < -0.39 is 4.92 Å². The molecule has 19 heavy (non-hydrogen) atoms. The highest BCUT2D eigenvalue weighted by molar-refractivity contribution is 5.51. The van der Waals surface area contributed by atoms with Gasteiger partial charge in [-0.25, -0.2) is 4.98 Å². The van der Waals surface area contributed by atoms with Gasteiger partial charge >= 0.3 is 5.69 Å². The van der Waals surface area contributed by atoms with Gasteiger partial charge in [0.2, 0.25) is 0 Å². The van der Waals surface area contributed by atoms with Crippen LogP contribution in [0.3, 0.4) is 0 Å². The van der Waals surface area contributed by atoms with Gasteiger partial charge in [-0.15, -0.1) is 0 Å². The van der Waals surface area contributed by atoms with E-state index in [1.807, 2.05) is 0 Å². The van der Waals surface area contributed by atoms with Gasteiger partial charge < -0.3 is 16.2 Å². The summed E-state index contributed by atoms with van der Waals surface area (Å²) in [5.41, 5.74) is 4.81. The Morgan fingerprint density at radius 2 is 2.21 bits per heavy atom. The number of piperidine rings is 1. The summed E-state index contributed by atoms with van der Waals surface area (Å²) in [7, 11) is 0. The zero-order valence-electron chi connectivity index (χ0n) is 10.2. The van der Waals surface area contributed by atoms with Gasteiger partial charge in [0.1, 0.15) is 23.6 Å². The van der Waals surface area contributed by atoms with Crippen molar-refractivity contribution in [2.75, 3.05) is 18.8 Å². The first-order chi connectivity index (χ1) is 9.04. The van der Waals surface area contributed by atoms with E-state index in [0.29, 0.717) is 0 Å². The zero-order chi connectivity index (χ0) is 14.3. The Hall–Kier alpha value is -2.24. The number of aromatic nitrogens is 1. The Bertz CT molecular complexity index is 480. The molecule has 1 saturated heterocycles. The van der Waals surface area contributed by atoms with E-state index in [9.17, 15) is 10.1 Å². The molecule has 1 aromatic rings. The van der Waals surface area contributed by atoms with Crippen LogP contribution in [0.2, 0.25) is 0 Å². The summed E-state index contributed by atoms with van der Waals surface area (Å²) in [6.07, 6.45) is 2.80. The lowest BCUT2D eigenvalue weighted by Gasteiger charge is -2.16. The van der Waals surface area contributed by atoms with Crippen LogP contribution in [-0.2, 0) is 0 Å². The Kier molecular flexibility index (Phi) is 5.66. The third-order valence-electron chi connectivity index (χ3n) is 2.53. The average molecular weight is 265 g/mol. The second kappa shape index (κ2) is 7.25. The summed E-state index contributed by atoms with van der Waals surface area (Å²) in [6.45, 7) is 1.97. The normalized spacial score (nSPS) is 14.9. The number of aliphatic hydroxyl groups excluding tert-OH is 1. The maximum Gasteiger partial charge on any atom is 0.305 e. The molecule has 0 amide bonds. The van der Waals surface area contributed by atoms with Crippen LogP contribution in [0.4, 0.5) is 11.5 Å². The number of hydrogen-bond donors (Lipinski definition) is 3. The number of nitrogen functional groups attached to an aromatic ring is 1. The Morgan fingerprint density at radius 3 is 2.63 bits per heavy atom. The second-order valence-corrected chi connectivity index (χ2v) is 3.98. The minimum Gasteiger partial charge on any atom is -0.393 e. The molecule has 1 aromatic heterocycles. The fraction of sp³-hybridized carbons (Fsp3) is 0.455. The van der Waals surface area contributed by atoms with Gasteiger partial charge in [-0.3, -0.25) is 10.1 Å². The quantitative estimate of drug-likeness (QED) is 0.486. The molecule has 0 radical (unpaired) electrons. The first-order valence-electron chi connectivity index (χ1n) is 5.73. The van der Waals surface area contributed by atoms with Crippen LogP contribution < -0.4 is 11.1 Å². The highest BCUT2D eigenvalue weighted by Gasteiger charge is 2.13. The van der Waals surface area contributed by atoms with E-state index in [2.05, 4.69) is 10.3 Å². The molecule has 2 rings (SSSR count). The Balaban J connectivity index is 0.000000218. The van der Waals surface area contributed by atoms with Crippen LogP contribution in [0.5, 0.6) is 0 Å². The van der Waals surface area contributed by atoms with E-state index in [-0.39, 0.29) is 23.2 Å². The summed E-state index contributed by atoms with van der Waals surface area (Å²) in [5.74, 6) is 0.0946. The van der Waals surface area contributed by atoms with Crippen molar-refractivity contribution in [1.29, 1.82) is 5.26 Å². The number of pyridine rings is 1. The maximum atomic E-state index is 10.3. The van der Waals surface area contributed by atoms with Crippen LogP contribution >= 0.6 is 0 Å². The molecular weight excluding hydrogens is 250 g/mol. The number of nitrogens with zero attached hydrogens (tertiary/aromatic N) is 3. The van der Waals surface area contributed by atoms with Gasteiger partial charge in [0.05, 0.1) is 11.0 Å². The van der Waals surface area contributed by atoms with E-state index in [1.165, 1.54) is 0 Å². The summed E-state index contributed by atoms with van der Waals surface area (Å²) >= 11 is 0. The number of nitrogens with one attached hydrogen (secondary N) is 1. The predicted molar refractivity (Wildman–Crippen MR) is 68.1 cm³/mol. The molecule has 0 spiro atoms. The third kappa shape index (κ3) is 4.87. The van der Waals surface area contributed by atoms with Crippen molar-refractivity contribution in [2.24, 2.45) is 0 Å². The molecular formula is C11H15N5O3. The minimum atomic E-state index is -0.676. The smallest absolute Gasteiger partial charge is 0.305 e. The molecule has 8 nitrogen and oxygen atoms in total. The van der Waals surface area contributed by atoms with Gasteiger partial charge in [0, 0.05) is 6.07 Å². The van der Waals surface area contributed by atoms with Crippen molar-refractivity contribution in [3.8, 4) is 6.07 Å². The van der Waals surface area contributed by atoms with Crippen molar-refractivity contribution < 1.29 is 10.0 Å². The highest BCUT2D eigenvalue weighted by Crippen LogP contribution is 2.17. The van der Waals surface area contributed by atoms with Gasteiger partial charge in [-0.1, -0.05) is 0 Å². The topological polar surface area (TPSA) is 138 Å². The minimum absolute atomic E-state index is 0.0266. The molecule has 1 aliphatic rings. The van der Waals surface area contributed by atoms with Crippen LogP contribution in [-0.4, -0.2) is 34.2 Å². The largest absolute Gasteiger partial charge is 0.393 e. The SMILES string of the molecule is N#Cc1cc(N)ncc1[N+](=O)[O-].OC1CCNCC1. The van der Waals surface area contributed by atoms with Gasteiger partial charge in [0.15, 0.2) is 0 Å². The van der Waals surface area contributed by atoms with Crippen molar-refractivity contribution >= 4 is 11.5 Å². The van der Waals surface area contributed by atoms with E-state index in [1.54, 1.807) is 6.07 Å². The van der Waals surface area contributed by atoms with Gasteiger partial charge in [-0.05, 0) is 25.9 Å². The number of aliphatic hydroxyl groups is 1. The number of nitro groups is 1. The van der Waals surface area contributed by atoms with Crippen molar-refractivity contribution in [3.63, 3.8) is 0 Å². The molecule has 1 aliphatic heterocycles. The molecule has 4 N–H and O–H groups in total. The Labute approximate surface area is 110 Å². The van der Waals surface area contributed by atoms with Crippen LogP contribution in [0.1, 0.15) is 18.4 Å². The van der Waals surface area contributed by atoms with Crippen LogP contribution in [0.25, 0.3) is 0 Å². The van der Waals surface area contributed by atoms with Crippen molar-refractivity contribution in [2.45, 2.75) is 18.9 Å². The number of nitrogens with two attached hydrogens (primary N) is 1. The monoisotopic (exact) mass is 265 g/mol. The summed E-state index contributed by atoms with van der Waals surface area (Å²) in [5, 5.41) is 30.7. The summed E-state index contributed by atoms with van der Waals surface area (Å²) < 4.78 is 0. The number of nitriles is 1. The maximum absolute atomic E-state index is 10.3. The number of rotatable bonds is 1. The molecule has 8 heteroatoms. The lowest BCUT2D eigenvalue weighted by Crippen LogP contribution is -2.30. The van der Waals surface area contributed by atoms with E-state index >= 15 is 0 Å². The highest BCUT2D eigenvalue weighted by atomic mass is 16.6. The first kappa shape index (κ1) is 14.8. The van der Waals surface area contributed by atoms with Crippen LogP contribution in [0.15, 0.2) is 12.3 Å². The molecule has 0 atom stereocenters. The Morgan fingerprint density at radius 1 is 1.58 bits per heavy atom. The molecule has 0 aliphatic carbocycles. The molecule has 2 heterocycles. The van der Waals surface area contributed by atoms with Crippen molar-refractivity contribution in [3.05, 3.63) is 27.9 Å². The van der Waals surface area contributed by atoms with Crippen LogP contribution in [0, 0.1) is 21.4 Å². The second-order valence-electron chi connectivity index (χ2n) is 3.98. The fourth-order valence-electron chi connectivity index (χ4n) is 1.51. The predicted octanol–water partition coefficient (Wildman–Crippen LogP) is 0.174. The van der Waals surface area contributed by atoms with E-state index in [4.69, 9.17) is 16.1 Å². The number of anilines is 1. The van der Waals surface area contributed by atoms with Gasteiger partial charge in [-0.2, -0.15) is 5.26 Å². The van der Waals surface area contributed by atoms with Crippen molar-refractivity contribution in [1.82, 2.24) is 10.3 Å².